The van der Waals surface area contributed by atoms with Gasteiger partial charge in [0, 0.05) is 26.9 Å². The second-order valence-corrected chi connectivity index (χ2v) is 6.54. The first kappa shape index (κ1) is 20.9. The Bertz CT molecular complexity index is 832. The molecule has 0 saturated heterocycles. The molecule has 2 heterocycles. The van der Waals surface area contributed by atoms with Gasteiger partial charge in [-0.25, -0.2) is 4.79 Å². The first-order chi connectivity index (χ1) is 11.8. The molecule has 0 spiro atoms. The number of methoxy groups -OCH3 is 1. The summed E-state index contributed by atoms with van der Waals surface area (Å²) in [6.07, 6.45) is 2.88. The average Bonchev–Trinajstić information content (AvgIpc) is 2.59. The highest BCUT2D eigenvalue weighted by atomic mass is 79.9. The molecule has 2 rings (SSSR count). The second-order valence-electron chi connectivity index (χ2n) is 4.83. The fourth-order valence-electron chi connectivity index (χ4n) is 1.57. The lowest BCUT2D eigenvalue weighted by Gasteiger charge is -2.00. The van der Waals surface area contributed by atoms with E-state index in [2.05, 4.69) is 46.6 Å². The normalized spacial score (nSPS) is 9.44. The molecule has 0 aliphatic heterocycles. The number of carbonyl (C=O) groups excluding carboxylic acids is 2. The summed E-state index contributed by atoms with van der Waals surface area (Å²) in [6, 6.07) is 5.18. The summed E-state index contributed by atoms with van der Waals surface area (Å²) in [7, 11) is 1.34. The molecule has 25 heavy (non-hydrogen) atoms. The zero-order valence-electron chi connectivity index (χ0n) is 13.8. The van der Waals surface area contributed by atoms with Crippen molar-refractivity contribution in [2.24, 2.45) is 0 Å². The molecule has 0 bridgehead atoms. The van der Waals surface area contributed by atoms with E-state index in [1.807, 2.05) is 19.9 Å². The van der Waals surface area contributed by atoms with E-state index in [-0.39, 0.29) is 18.2 Å². The maximum absolute atomic E-state index is 11.2. The molecule has 0 aliphatic carbocycles. The maximum atomic E-state index is 11.2. The van der Waals surface area contributed by atoms with Crippen molar-refractivity contribution in [3.63, 3.8) is 0 Å². The number of hydrogen-bond donors (Lipinski definition) is 0. The van der Waals surface area contributed by atoms with Crippen LogP contribution in [-0.4, -0.2) is 28.8 Å². The number of halogens is 2. The van der Waals surface area contributed by atoms with E-state index in [4.69, 9.17) is 5.26 Å². The molecule has 2 aromatic heterocycles. The Balaban J connectivity index is 0.000000251. The van der Waals surface area contributed by atoms with Crippen LogP contribution in [0.1, 0.15) is 38.5 Å². The molecule has 0 aromatic carbocycles. The monoisotopic (exact) mass is 467 g/mol. The number of esters is 1. The fourth-order valence-corrected chi connectivity index (χ4v) is 2.27. The largest absolute Gasteiger partial charge is 0.465 e. The molecular weight excluding hydrogens is 454 g/mol. The van der Waals surface area contributed by atoms with Crippen LogP contribution < -0.4 is 0 Å². The van der Waals surface area contributed by atoms with Gasteiger partial charge in [-0.2, -0.15) is 5.26 Å². The average molecular weight is 469 g/mol. The van der Waals surface area contributed by atoms with Crippen LogP contribution in [0, 0.1) is 25.2 Å². The Hall–Kier alpha value is -2.11. The molecule has 2 aromatic rings. The highest BCUT2D eigenvalue weighted by Gasteiger charge is 2.07. The minimum absolute atomic E-state index is 0.100. The Morgan fingerprint density at radius 1 is 1.08 bits per heavy atom. The Kier molecular flexibility index (Phi) is 8.38. The maximum Gasteiger partial charge on any atom is 0.339 e. The standard InChI is InChI=1S/C9H7BrN2O.C8H8BrNO2/c1-6-8(10)4-7(5-12-6)9(13)2-3-11;1-5-7(9)3-6(4-10-5)8(11)12-2/h4-5H,2H2,1H3;3-4H,1-2H3. The molecule has 130 valence electrons. The van der Waals surface area contributed by atoms with Gasteiger partial charge in [0.2, 0.25) is 0 Å². The predicted octanol–water partition coefficient (Wildman–Crippen LogP) is 4.19. The topological polar surface area (TPSA) is 92.9 Å². The van der Waals surface area contributed by atoms with Crippen LogP contribution in [0.4, 0.5) is 0 Å². The lowest BCUT2D eigenvalue weighted by Crippen LogP contribution is -2.02. The van der Waals surface area contributed by atoms with Gasteiger partial charge in [-0.1, -0.05) is 0 Å². The van der Waals surface area contributed by atoms with Crippen molar-refractivity contribution in [2.45, 2.75) is 20.3 Å². The number of nitriles is 1. The Labute approximate surface area is 162 Å². The zero-order chi connectivity index (χ0) is 19.0. The van der Waals surface area contributed by atoms with Crippen LogP contribution in [0.25, 0.3) is 0 Å². The predicted molar refractivity (Wildman–Crippen MR) is 99.2 cm³/mol. The highest BCUT2D eigenvalue weighted by Crippen LogP contribution is 2.16. The molecule has 8 heteroatoms. The lowest BCUT2D eigenvalue weighted by atomic mass is 10.1. The van der Waals surface area contributed by atoms with Gasteiger partial charge in [-0.05, 0) is 57.8 Å². The summed E-state index contributed by atoms with van der Waals surface area (Å²) in [5.74, 6) is -0.570. The van der Waals surface area contributed by atoms with Gasteiger partial charge in [-0.3, -0.25) is 14.8 Å². The molecule has 0 atom stereocenters. The molecule has 0 unspecified atom stereocenters. The van der Waals surface area contributed by atoms with Crippen molar-refractivity contribution in [1.82, 2.24) is 9.97 Å². The summed E-state index contributed by atoms with van der Waals surface area (Å²) in [6.45, 7) is 3.69. The number of ether oxygens (including phenoxy) is 1. The van der Waals surface area contributed by atoms with Crippen molar-refractivity contribution in [2.75, 3.05) is 7.11 Å². The van der Waals surface area contributed by atoms with Crippen molar-refractivity contribution in [3.8, 4) is 6.07 Å². The number of carbonyl (C=O) groups is 2. The van der Waals surface area contributed by atoms with Gasteiger partial charge >= 0.3 is 5.97 Å². The molecule has 0 radical (unpaired) electrons. The van der Waals surface area contributed by atoms with Gasteiger partial charge in [0.1, 0.15) is 0 Å². The van der Waals surface area contributed by atoms with Gasteiger partial charge in [0.25, 0.3) is 0 Å². The van der Waals surface area contributed by atoms with Gasteiger partial charge in [-0.15, -0.1) is 0 Å². The highest BCUT2D eigenvalue weighted by molar-refractivity contribution is 9.10. The fraction of sp³-hybridized carbons (Fsp3) is 0.235. The summed E-state index contributed by atoms with van der Waals surface area (Å²) in [5.41, 5.74) is 2.60. The van der Waals surface area contributed by atoms with Crippen molar-refractivity contribution >= 4 is 43.6 Å². The quantitative estimate of drug-likeness (QED) is 0.495. The van der Waals surface area contributed by atoms with Crippen LogP contribution in [0.2, 0.25) is 0 Å². The van der Waals surface area contributed by atoms with Gasteiger partial charge in [0.15, 0.2) is 5.78 Å². The van der Waals surface area contributed by atoms with Crippen LogP contribution in [0.5, 0.6) is 0 Å². The Morgan fingerprint density at radius 3 is 2.00 bits per heavy atom. The first-order valence-corrected chi connectivity index (χ1v) is 8.61. The van der Waals surface area contributed by atoms with Gasteiger partial charge < -0.3 is 4.74 Å². The Morgan fingerprint density at radius 2 is 1.56 bits per heavy atom. The zero-order valence-corrected chi connectivity index (χ0v) is 17.0. The van der Waals surface area contributed by atoms with E-state index in [9.17, 15) is 9.59 Å². The minimum Gasteiger partial charge on any atom is -0.465 e. The number of hydrogen-bond acceptors (Lipinski definition) is 6. The third-order valence-corrected chi connectivity index (χ3v) is 4.64. The minimum atomic E-state index is -0.372. The first-order valence-electron chi connectivity index (χ1n) is 7.02. The molecular formula is C17H15Br2N3O3. The number of rotatable bonds is 3. The third kappa shape index (κ3) is 6.36. The van der Waals surface area contributed by atoms with E-state index >= 15 is 0 Å². The van der Waals surface area contributed by atoms with Crippen LogP contribution in [0.15, 0.2) is 33.5 Å². The van der Waals surface area contributed by atoms with E-state index in [1.54, 1.807) is 12.1 Å². The number of ketones is 1. The van der Waals surface area contributed by atoms with E-state index in [0.29, 0.717) is 11.1 Å². The molecule has 0 amide bonds. The summed E-state index contributed by atoms with van der Waals surface area (Å²) in [5, 5.41) is 8.32. The number of nitrogens with zero attached hydrogens (tertiary/aromatic N) is 3. The van der Waals surface area contributed by atoms with Crippen molar-refractivity contribution < 1.29 is 14.3 Å². The van der Waals surface area contributed by atoms with E-state index in [0.717, 1.165) is 20.3 Å². The third-order valence-electron chi connectivity index (χ3n) is 3.03. The second kappa shape index (κ2) is 10.0. The molecule has 0 saturated carbocycles. The number of aromatic nitrogens is 2. The van der Waals surface area contributed by atoms with Crippen LogP contribution >= 0.6 is 31.9 Å². The molecule has 0 fully saturated rings. The molecule has 6 nitrogen and oxygen atoms in total. The molecule has 0 N–H and O–H groups in total. The van der Waals surface area contributed by atoms with Crippen molar-refractivity contribution in [3.05, 3.63) is 56.0 Å². The summed E-state index contributed by atoms with van der Waals surface area (Å²) in [4.78, 5) is 30.2. The summed E-state index contributed by atoms with van der Waals surface area (Å²) < 4.78 is 6.13. The SMILES string of the molecule is COC(=O)c1cnc(C)c(Br)c1.Cc1ncc(C(=O)CC#N)cc1Br. The molecule has 0 aliphatic rings. The van der Waals surface area contributed by atoms with Gasteiger partial charge in [0.05, 0.1) is 36.6 Å². The van der Waals surface area contributed by atoms with E-state index in [1.165, 1.54) is 19.5 Å². The van der Waals surface area contributed by atoms with Crippen LogP contribution in [0.3, 0.4) is 0 Å². The number of pyridine rings is 2. The van der Waals surface area contributed by atoms with Crippen LogP contribution in [-0.2, 0) is 4.74 Å². The lowest BCUT2D eigenvalue weighted by molar-refractivity contribution is 0.0600. The van der Waals surface area contributed by atoms with Crippen molar-refractivity contribution in [1.29, 1.82) is 5.26 Å². The number of Topliss-reactive ketones (excluding diaryl/α,β-unsaturated/α-hetero) is 1. The smallest absolute Gasteiger partial charge is 0.339 e. The number of aryl methyl sites for hydroxylation is 2. The summed E-state index contributed by atoms with van der Waals surface area (Å²) >= 11 is 6.54. The van der Waals surface area contributed by atoms with E-state index < -0.39 is 0 Å².